The predicted octanol–water partition coefficient (Wildman–Crippen LogP) is 1.41. The number of hydrogen-bond donors (Lipinski definition) is 3. The van der Waals surface area contributed by atoms with E-state index in [0.29, 0.717) is 32.0 Å². The maximum atomic E-state index is 12.8. The van der Waals surface area contributed by atoms with Gasteiger partial charge in [-0.15, -0.1) is 0 Å². The van der Waals surface area contributed by atoms with E-state index in [9.17, 15) is 9.18 Å². The molecular weight excluding hydrogens is 271 g/mol. The van der Waals surface area contributed by atoms with Gasteiger partial charge >= 0.3 is 0 Å². The van der Waals surface area contributed by atoms with Crippen molar-refractivity contribution in [2.45, 2.75) is 26.3 Å². The lowest BCUT2D eigenvalue weighted by molar-refractivity contribution is -0.120. The monoisotopic (exact) mass is 294 g/mol. The Bertz CT molecular complexity index is 459. The van der Waals surface area contributed by atoms with Crippen molar-refractivity contribution in [2.75, 3.05) is 20.1 Å². The van der Waals surface area contributed by atoms with Crippen molar-refractivity contribution >= 4 is 11.9 Å². The van der Waals surface area contributed by atoms with Crippen LogP contribution in [-0.4, -0.2) is 32.0 Å². The normalized spacial score (nSPS) is 11.1. The molecule has 0 heterocycles. The van der Waals surface area contributed by atoms with E-state index in [1.165, 1.54) is 12.1 Å². The van der Waals surface area contributed by atoms with Crippen LogP contribution in [-0.2, 0) is 11.3 Å². The van der Waals surface area contributed by atoms with Gasteiger partial charge in [-0.1, -0.05) is 19.1 Å². The molecular formula is C15H23FN4O. The van der Waals surface area contributed by atoms with Gasteiger partial charge in [0, 0.05) is 33.1 Å². The van der Waals surface area contributed by atoms with Crippen molar-refractivity contribution in [1.82, 2.24) is 16.0 Å². The Morgan fingerprint density at radius 1 is 1.14 bits per heavy atom. The molecule has 0 aliphatic heterocycles. The third-order valence-electron chi connectivity index (χ3n) is 2.81. The van der Waals surface area contributed by atoms with Crippen molar-refractivity contribution in [3.05, 3.63) is 35.6 Å². The number of amides is 1. The van der Waals surface area contributed by atoms with Gasteiger partial charge in [0.1, 0.15) is 5.82 Å². The molecule has 1 aromatic carbocycles. The Hall–Kier alpha value is -2.11. The van der Waals surface area contributed by atoms with Crippen LogP contribution in [0, 0.1) is 5.82 Å². The Morgan fingerprint density at radius 2 is 1.86 bits per heavy atom. The lowest BCUT2D eigenvalue weighted by Crippen LogP contribution is -2.39. The quantitative estimate of drug-likeness (QED) is 0.526. The zero-order valence-electron chi connectivity index (χ0n) is 12.6. The fourth-order valence-corrected chi connectivity index (χ4v) is 1.66. The third kappa shape index (κ3) is 7.29. The van der Waals surface area contributed by atoms with Crippen molar-refractivity contribution in [3.63, 3.8) is 0 Å². The smallest absolute Gasteiger partial charge is 0.221 e. The molecule has 6 heteroatoms. The second-order valence-corrected chi connectivity index (χ2v) is 4.58. The molecule has 0 spiro atoms. The molecule has 0 saturated carbocycles. The van der Waals surface area contributed by atoms with E-state index in [0.717, 1.165) is 12.0 Å². The minimum atomic E-state index is -0.251. The van der Waals surface area contributed by atoms with Crippen LogP contribution in [0.25, 0.3) is 0 Å². The summed E-state index contributed by atoms with van der Waals surface area (Å²) in [6.45, 7) is 3.77. The fourth-order valence-electron chi connectivity index (χ4n) is 1.66. The molecule has 116 valence electrons. The predicted molar refractivity (Wildman–Crippen MR) is 82.5 cm³/mol. The average molecular weight is 294 g/mol. The van der Waals surface area contributed by atoms with Crippen molar-refractivity contribution in [1.29, 1.82) is 0 Å². The minimum Gasteiger partial charge on any atom is -0.356 e. The van der Waals surface area contributed by atoms with E-state index in [4.69, 9.17) is 0 Å². The number of aliphatic imine (C=N–C) groups is 1. The molecule has 0 aromatic heterocycles. The van der Waals surface area contributed by atoms with Crippen molar-refractivity contribution < 1.29 is 9.18 Å². The number of guanidine groups is 1. The summed E-state index contributed by atoms with van der Waals surface area (Å²) in [5.74, 6) is 0.389. The minimum absolute atomic E-state index is 0.0262. The van der Waals surface area contributed by atoms with E-state index in [-0.39, 0.29) is 11.7 Å². The highest BCUT2D eigenvalue weighted by atomic mass is 19.1. The Kier molecular flexibility index (Phi) is 7.86. The molecule has 1 aromatic rings. The SMILES string of the molecule is CCCNC(=O)CCNC(=NC)NCc1ccc(F)cc1. The summed E-state index contributed by atoms with van der Waals surface area (Å²) in [5.41, 5.74) is 0.958. The molecule has 1 rings (SSSR count). The number of hydrogen-bond acceptors (Lipinski definition) is 2. The number of nitrogens with one attached hydrogen (secondary N) is 3. The molecule has 1 amide bonds. The van der Waals surface area contributed by atoms with Gasteiger partial charge in [-0.3, -0.25) is 9.79 Å². The number of benzene rings is 1. The fraction of sp³-hybridized carbons (Fsp3) is 0.467. The topological polar surface area (TPSA) is 65.5 Å². The highest BCUT2D eigenvalue weighted by Gasteiger charge is 2.02. The van der Waals surface area contributed by atoms with Gasteiger partial charge in [0.05, 0.1) is 0 Å². The van der Waals surface area contributed by atoms with Crippen LogP contribution in [0.5, 0.6) is 0 Å². The van der Waals surface area contributed by atoms with E-state index in [2.05, 4.69) is 20.9 Å². The molecule has 0 fully saturated rings. The van der Waals surface area contributed by atoms with Crippen LogP contribution in [0.3, 0.4) is 0 Å². The lowest BCUT2D eigenvalue weighted by atomic mass is 10.2. The Labute approximate surface area is 125 Å². The van der Waals surface area contributed by atoms with Crippen molar-refractivity contribution in [3.8, 4) is 0 Å². The van der Waals surface area contributed by atoms with E-state index >= 15 is 0 Å². The molecule has 0 aliphatic rings. The van der Waals surface area contributed by atoms with E-state index in [1.807, 2.05) is 6.92 Å². The molecule has 5 nitrogen and oxygen atoms in total. The van der Waals surface area contributed by atoms with Gasteiger partial charge in [-0.25, -0.2) is 4.39 Å². The number of rotatable bonds is 7. The molecule has 0 saturated heterocycles. The van der Waals surface area contributed by atoms with Gasteiger partial charge in [-0.05, 0) is 24.1 Å². The second kappa shape index (κ2) is 9.74. The molecule has 0 atom stereocenters. The molecule has 3 N–H and O–H groups in total. The first-order valence-electron chi connectivity index (χ1n) is 7.11. The van der Waals surface area contributed by atoms with Crippen LogP contribution in [0.4, 0.5) is 4.39 Å². The van der Waals surface area contributed by atoms with Gasteiger partial charge in [0.15, 0.2) is 5.96 Å². The van der Waals surface area contributed by atoms with E-state index < -0.39 is 0 Å². The summed E-state index contributed by atoms with van der Waals surface area (Å²) in [6.07, 6.45) is 1.33. The molecule has 0 bridgehead atoms. The van der Waals surface area contributed by atoms with Gasteiger partial charge < -0.3 is 16.0 Å². The van der Waals surface area contributed by atoms with Gasteiger partial charge in [-0.2, -0.15) is 0 Å². The standard InChI is InChI=1S/C15H23FN4O/c1-3-9-18-14(21)8-10-19-15(17-2)20-11-12-4-6-13(16)7-5-12/h4-7H,3,8-11H2,1-2H3,(H,18,21)(H2,17,19,20). The summed E-state index contributed by atoms with van der Waals surface area (Å²) in [6, 6.07) is 6.28. The lowest BCUT2D eigenvalue weighted by Gasteiger charge is -2.12. The first kappa shape index (κ1) is 16.9. The second-order valence-electron chi connectivity index (χ2n) is 4.58. The summed E-state index contributed by atoms with van der Waals surface area (Å²) < 4.78 is 12.8. The maximum Gasteiger partial charge on any atom is 0.221 e. The summed E-state index contributed by atoms with van der Waals surface area (Å²) in [5, 5.41) is 8.98. The van der Waals surface area contributed by atoms with Gasteiger partial charge in [0.2, 0.25) is 5.91 Å². The van der Waals surface area contributed by atoms with Crippen molar-refractivity contribution in [2.24, 2.45) is 4.99 Å². The Balaban J connectivity index is 2.26. The molecule has 0 aliphatic carbocycles. The molecule has 0 unspecified atom stereocenters. The largest absolute Gasteiger partial charge is 0.356 e. The summed E-state index contributed by atoms with van der Waals surface area (Å²) in [4.78, 5) is 15.5. The Morgan fingerprint density at radius 3 is 2.48 bits per heavy atom. The highest BCUT2D eigenvalue weighted by Crippen LogP contribution is 2.01. The van der Waals surface area contributed by atoms with Crippen LogP contribution in [0.2, 0.25) is 0 Å². The van der Waals surface area contributed by atoms with Crippen LogP contribution in [0.15, 0.2) is 29.3 Å². The van der Waals surface area contributed by atoms with E-state index in [1.54, 1.807) is 19.2 Å². The zero-order valence-corrected chi connectivity index (χ0v) is 12.6. The number of halogens is 1. The number of carbonyl (C=O) groups is 1. The maximum absolute atomic E-state index is 12.8. The highest BCUT2D eigenvalue weighted by molar-refractivity contribution is 5.81. The first-order chi connectivity index (χ1) is 10.2. The van der Waals surface area contributed by atoms with Gasteiger partial charge in [0.25, 0.3) is 0 Å². The molecule has 0 radical (unpaired) electrons. The zero-order chi connectivity index (χ0) is 15.5. The first-order valence-corrected chi connectivity index (χ1v) is 7.11. The number of carbonyl (C=O) groups excluding carboxylic acids is 1. The van der Waals surface area contributed by atoms with Crippen LogP contribution < -0.4 is 16.0 Å². The number of nitrogens with zero attached hydrogens (tertiary/aromatic N) is 1. The summed E-state index contributed by atoms with van der Waals surface area (Å²) >= 11 is 0. The molecule has 21 heavy (non-hydrogen) atoms. The summed E-state index contributed by atoms with van der Waals surface area (Å²) in [7, 11) is 1.66. The van der Waals surface area contributed by atoms with Crippen LogP contribution >= 0.6 is 0 Å². The third-order valence-corrected chi connectivity index (χ3v) is 2.81. The van der Waals surface area contributed by atoms with Crippen LogP contribution in [0.1, 0.15) is 25.3 Å². The average Bonchev–Trinajstić information content (AvgIpc) is 2.50.